The third-order valence-electron chi connectivity index (χ3n) is 3.44. The van der Waals surface area contributed by atoms with E-state index in [1.165, 1.54) is 0 Å². The van der Waals surface area contributed by atoms with Crippen LogP contribution in [0, 0.1) is 0 Å². The predicted octanol–water partition coefficient (Wildman–Crippen LogP) is 4.36. The Kier molecular flexibility index (Phi) is 6.91. The third kappa shape index (κ3) is 6.59. The Morgan fingerprint density at radius 2 is 1.77 bits per heavy atom. The van der Waals surface area contributed by atoms with Gasteiger partial charge in [0.2, 0.25) is 0 Å². The monoisotopic (exact) mass is 420 g/mol. The van der Waals surface area contributed by atoms with Crippen LogP contribution >= 0.6 is 15.9 Å². The Morgan fingerprint density at radius 3 is 2.38 bits per heavy atom. The van der Waals surface area contributed by atoms with Gasteiger partial charge >= 0.3 is 0 Å². The van der Waals surface area contributed by atoms with Crippen LogP contribution in [0.1, 0.15) is 26.3 Å². The number of ether oxygens (including phenoxy) is 2. The zero-order valence-corrected chi connectivity index (χ0v) is 17.1. The molecule has 2 N–H and O–H groups in total. The summed E-state index contributed by atoms with van der Waals surface area (Å²) >= 11 is 3.42. The molecule has 0 saturated carbocycles. The number of carbonyl (C=O) groups excluding carboxylic acids is 1. The number of amides is 1. The molecule has 140 valence electrons. The zero-order valence-electron chi connectivity index (χ0n) is 15.6. The van der Waals surface area contributed by atoms with E-state index in [1.54, 1.807) is 7.11 Å². The summed E-state index contributed by atoms with van der Waals surface area (Å²) in [7, 11) is 1.59. The van der Waals surface area contributed by atoms with Crippen LogP contribution < -0.4 is 20.1 Å². The molecule has 0 aliphatic carbocycles. The van der Waals surface area contributed by atoms with Gasteiger partial charge in [-0.2, -0.15) is 0 Å². The maximum absolute atomic E-state index is 11.9. The Hall–Kier alpha value is -2.21. The van der Waals surface area contributed by atoms with E-state index >= 15 is 0 Å². The molecule has 0 unspecified atom stereocenters. The first kappa shape index (κ1) is 20.1. The van der Waals surface area contributed by atoms with E-state index in [9.17, 15) is 4.79 Å². The second-order valence-corrected chi connectivity index (χ2v) is 7.85. The normalized spacial score (nSPS) is 11.0. The van der Waals surface area contributed by atoms with Gasteiger partial charge in [-0.1, -0.05) is 22.0 Å². The van der Waals surface area contributed by atoms with Crippen LogP contribution in [0.3, 0.4) is 0 Å². The van der Waals surface area contributed by atoms with Gasteiger partial charge in [-0.05, 0) is 62.7 Å². The van der Waals surface area contributed by atoms with E-state index < -0.39 is 0 Å². The van der Waals surface area contributed by atoms with Gasteiger partial charge in [0.05, 0.1) is 7.11 Å². The molecule has 0 spiro atoms. The first-order chi connectivity index (χ1) is 12.3. The fourth-order valence-corrected chi connectivity index (χ4v) is 2.58. The first-order valence-electron chi connectivity index (χ1n) is 8.37. The Bertz CT molecular complexity index is 740. The van der Waals surface area contributed by atoms with Crippen molar-refractivity contribution in [3.8, 4) is 11.5 Å². The molecule has 0 saturated heterocycles. The largest absolute Gasteiger partial charge is 0.493 e. The molecule has 0 aromatic heterocycles. The second-order valence-electron chi connectivity index (χ2n) is 6.93. The van der Waals surface area contributed by atoms with Crippen molar-refractivity contribution in [3.05, 3.63) is 52.5 Å². The molecular weight excluding hydrogens is 396 g/mol. The fourth-order valence-electron chi connectivity index (χ4n) is 2.31. The highest BCUT2D eigenvalue weighted by Gasteiger charge is 2.15. The maximum Gasteiger partial charge on any atom is 0.258 e. The van der Waals surface area contributed by atoms with Gasteiger partial charge < -0.3 is 20.1 Å². The molecule has 0 fully saturated rings. The van der Waals surface area contributed by atoms with Crippen molar-refractivity contribution in [1.82, 2.24) is 5.32 Å². The summed E-state index contributed by atoms with van der Waals surface area (Å²) in [5, 5.41) is 6.22. The quantitative estimate of drug-likeness (QED) is 0.698. The van der Waals surface area contributed by atoms with Crippen LogP contribution in [-0.4, -0.2) is 25.2 Å². The average Bonchev–Trinajstić information content (AvgIpc) is 2.58. The lowest BCUT2D eigenvalue weighted by atomic mass is 10.1. The molecule has 5 nitrogen and oxygen atoms in total. The number of hydrogen-bond donors (Lipinski definition) is 2. The van der Waals surface area contributed by atoms with Crippen LogP contribution in [0.4, 0.5) is 5.69 Å². The standard InChI is InChI=1S/C20H25BrN2O3/c1-20(2,3)23-19(24)13-26-17-10-5-14(11-18(17)25-4)12-22-16-8-6-15(21)7-9-16/h5-11,22H,12-13H2,1-4H3,(H,23,24). The van der Waals surface area contributed by atoms with E-state index in [2.05, 4.69) is 26.6 Å². The molecule has 1 amide bonds. The number of rotatable bonds is 7. The summed E-state index contributed by atoms with van der Waals surface area (Å²) in [4.78, 5) is 11.9. The van der Waals surface area contributed by atoms with Gasteiger partial charge in [0.25, 0.3) is 5.91 Å². The first-order valence-corrected chi connectivity index (χ1v) is 9.16. The van der Waals surface area contributed by atoms with E-state index in [0.29, 0.717) is 18.0 Å². The summed E-state index contributed by atoms with van der Waals surface area (Å²) < 4.78 is 12.0. The minimum absolute atomic E-state index is 0.0515. The SMILES string of the molecule is COc1cc(CNc2ccc(Br)cc2)ccc1OCC(=O)NC(C)(C)C. The lowest BCUT2D eigenvalue weighted by Gasteiger charge is -2.20. The summed E-state index contributed by atoms with van der Waals surface area (Å²) in [6, 6.07) is 13.7. The minimum Gasteiger partial charge on any atom is -0.493 e. The summed E-state index contributed by atoms with van der Waals surface area (Å²) in [6.07, 6.45) is 0. The number of nitrogens with one attached hydrogen (secondary N) is 2. The lowest BCUT2D eigenvalue weighted by Crippen LogP contribution is -2.43. The van der Waals surface area contributed by atoms with Crippen LogP contribution in [0.25, 0.3) is 0 Å². The van der Waals surface area contributed by atoms with Crippen LogP contribution in [0.5, 0.6) is 11.5 Å². The van der Waals surface area contributed by atoms with Crippen LogP contribution in [0.2, 0.25) is 0 Å². The van der Waals surface area contributed by atoms with E-state index in [4.69, 9.17) is 9.47 Å². The summed E-state index contributed by atoms with van der Waals surface area (Å²) in [5.74, 6) is 0.980. The third-order valence-corrected chi connectivity index (χ3v) is 3.97. The summed E-state index contributed by atoms with van der Waals surface area (Å²) in [6.45, 7) is 6.39. The Morgan fingerprint density at radius 1 is 1.08 bits per heavy atom. The topological polar surface area (TPSA) is 59.6 Å². The van der Waals surface area contributed by atoms with Gasteiger partial charge in [0, 0.05) is 22.2 Å². The highest BCUT2D eigenvalue weighted by molar-refractivity contribution is 9.10. The van der Waals surface area contributed by atoms with Gasteiger partial charge in [-0.25, -0.2) is 0 Å². The minimum atomic E-state index is -0.285. The van der Waals surface area contributed by atoms with E-state index in [1.807, 2.05) is 63.2 Å². The van der Waals surface area contributed by atoms with Crippen molar-refractivity contribution in [1.29, 1.82) is 0 Å². The molecule has 2 aromatic carbocycles. The molecule has 0 bridgehead atoms. The molecular formula is C20H25BrN2O3. The molecule has 2 aromatic rings. The molecule has 2 rings (SSSR count). The van der Waals surface area contributed by atoms with E-state index in [0.717, 1.165) is 15.7 Å². The number of halogens is 1. The van der Waals surface area contributed by atoms with Crippen molar-refractivity contribution >= 4 is 27.5 Å². The van der Waals surface area contributed by atoms with Crippen molar-refractivity contribution in [2.24, 2.45) is 0 Å². The van der Waals surface area contributed by atoms with Crippen molar-refractivity contribution < 1.29 is 14.3 Å². The van der Waals surface area contributed by atoms with Crippen LogP contribution in [0.15, 0.2) is 46.9 Å². The predicted molar refractivity (Wildman–Crippen MR) is 108 cm³/mol. The molecule has 0 atom stereocenters. The number of methoxy groups -OCH3 is 1. The number of benzene rings is 2. The average molecular weight is 421 g/mol. The highest BCUT2D eigenvalue weighted by Crippen LogP contribution is 2.28. The zero-order chi connectivity index (χ0) is 19.2. The molecule has 0 heterocycles. The molecule has 0 aliphatic rings. The second kappa shape index (κ2) is 8.94. The van der Waals surface area contributed by atoms with Gasteiger partial charge in [0.1, 0.15) is 0 Å². The smallest absolute Gasteiger partial charge is 0.258 e. The molecule has 6 heteroatoms. The van der Waals surface area contributed by atoms with Crippen molar-refractivity contribution in [3.63, 3.8) is 0 Å². The highest BCUT2D eigenvalue weighted by atomic mass is 79.9. The maximum atomic E-state index is 11.9. The van der Waals surface area contributed by atoms with Crippen molar-refractivity contribution in [2.75, 3.05) is 19.0 Å². The van der Waals surface area contributed by atoms with Gasteiger partial charge in [-0.3, -0.25) is 4.79 Å². The number of hydrogen-bond acceptors (Lipinski definition) is 4. The number of carbonyl (C=O) groups is 1. The van der Waals surface area contributed by atoms with E-state index in [-0.39, 0.29) is 18.1 Å². The molecule has 26 heavy (non-hydrogen) atoms. The van der Waals surface area contributed by atoms with Crippen molar-refractivity contribution in [2.45, 2.75) is 32.9 Å². The van der Waals surface area contributed by atoms with Gasteiger partial charge in [0.15, 0.2) is 18.1 Å². The molecule has 0 radical (unpaired) electrons. The molecule has 0 aliphatic heterocycles. The van der Waals surface area contributed by atoms with Crippen LogP contribution in [-0.2, 0) is 11.3 Å². The van der Waals surface area contributed by atoms with Gasteiger partial charge in [-0.15, -0.1) is 0 Å². The summed E-state index contributed by atoms with van der Waals surface area (Å²) in [5.41, 5.74) is 1.80. The lowest BCUT2D eigenvalue weighted by molar-refractivity contribution is -0.124. The fraction of sp³-hybridized carbons (Fsp3) is 0.350. The number of anilines is 1. The Labute approximate surface area is 163 Å². The Balaban J connectivity index is 1.95.